The molecule has 1 saturated heterocycles. The Balaban J connectivity index is 0.00000364. The summed E-state index contributed by atoms with van der Waals surface area (Å²) in [6.07, 6.45) is 3.34. The number of halogens is 1. The summed E-state index contributed by atoms with van der Waals surface area (Å²) in [6, 6.07) is 0. The summed E-state index contributed by atoms with van der Waals surface area (Å²) >= 11 is 1.80. The van der Waals surface area contributed by atoms with Gasteiger partial charge in [-0.05, 0) is 60.3 Å². The summed E-state index contributed by atoms with van der Waals surface area (Å²) in [5.41, 5.74) is 1.16. The number of aryl methyl sites for hydroxylation is 2. The van der Waals surface area contributed by atoms with Crippen molar-refractivity contribution in [2.24, 2.45) is 4.99 Å². The SMILES string of the molecule is CCNC(=NCCCN1CCCN(C)CC1)NCCc1nc(C)c(C)s1.I. The Bertz CT molecular complexity index is 543. The van der Waals surface area contributed by atoms with Crippen LogP contribution in [0, 0.1) is 13.8 Å². The Morgan fingerprint density at radius 1 is 1.19 bits per heavy atom. The van der Waals surface area contributed by atoms with Gasteiger partial charge in [0.1, 0.15) is 0 Å². The van der Waals surface area contributed by atoms with Crippen LogP contribution in [0.25, 0.3) is 0 Å². The third kappa shape index (κ3) is 9.54. The lowest BCUT2D eigenvalue weighted by molar-refractivity contribution is 0.275. The number of aromatic nitrogens is 1. The fourth-order valence-corrected chi connectivity index (χ4v) is 4.02. The van der Waals surface area contributed by atoms with Crippen LogP contribution in [0.1, 0.15) is 35.3 Å². The minimum Gasteiger partial charge on any atom is -0.357 e. The molecule has 0 aliphatic carbocycles. The lowest BCUT2D eigenvalue weighted by Crippen LogP contribution is -2.38. The predicted octanol–water partition coefficient (Wildman–Crippen LogP) is 2.50. The molecule has 0 unspecified atom stereocenters. The average molecular weight is 509 g/mol. The second-order valence-corrected chi connectivity index (χ2v) is 8.33. The van der Waals surface area contributed by atoms with Crippen LogP contribution >= 0.6 is 35.3 Å². The summed E-state index contributed by atoms with van der Waals surface area (Å²) in [7, 11) is 2.22. The number of likely N-dealkylation sites (N-methyl/N-ethyl adjacent to an activating group) is 1. The molecule has 0 saturated carbocycles. The maximum absolute atomic E-state index is 4.73. The van der Waals surface area contributed by atoms with Gasteiger partial charge in [-0.3, -0.25) is 4.99 Å². The van der Waals surface area contributed by atoms with E-state index in [1.807, 2.05) is 0 Å². The summed E-state index contributed by atoms with van der Waals surface area (Å²) in [6.45, 7) is 14.9. The first kappa shape index (κ1) is 24.6. The molecule has 0 radical (unpaired) electrons. The smallest absolute Gasteiger partial charge is 0.191 e. The number of nitrogens with one attached hydrogen (secondary N) is 2. The zero-order valence-corrected chi connectivity index (χ0v) is 20.5. The van der Waals surface area contributed by atoms with E-state index in [1.165, 1.54) is 42.5 Å². The summed E-state index contributed by atoms with van der Waals surface area (Å²) in [4.78, 5) is 15.7. The van der Waals surface area contributed by atoms with E-state index < -0.39 is 0 Å². The van der Waals surface area contributed by atoms with Crippen LogP contribution in [0.4, 0.5) is 0 Å². The fourth-order valence-electron chi connectivity index (χ4n) is 3.08. The number of aliphatic imine (C=N–C) groups is 1. The topological polar surface area (TPSA) is 55.8 Å². The van der Waals surface area contributed by atoms with Crippen LogP contribution < -0.4 is 10.6 Å². The number of thiazole rings is 1. The van der Waals surface area contributed by atoms with Gasteiger partial charge in [0.25, 0.3) is 0 Å². The third-order valence-corrected chi connectivity index (χ3v) is 5.90. The summed E-state index contributed by atoms with van der Waals surface area (Å²) in [5.74, 6) is 0.924. The number of guanidine groups is 1. The lowest BCUT2D eigenvalue weighted by Gasteiger charge is -2.19. The molecule has 2 heterocycles. The van der Waals surface area contributed by atoms with Gasteiger partial charge >= 0.3 is 0 Å². The highest BCUT2D eigenvalue weighted by molar-refractivity contribution is 14.0. The van der Waals surface area contributed by atoms with Crippen molar-refractivity contribution >= 4 is 41.3 Å². The van der Waals surface area contributed by atoms with Crippen molar-refractivity contribution in [1.82, 2.24) is 25.4 Å². The maximum atomic E-state index is 4.73. The van der Waals surface area contributed by atoms with E-state index in [2.05, 4.69) is 53.2 Å². The second-order valence-electron chi connectivity index (χ2n) is 7.04. The molecule has 8 heteroatoms. The standard InChI is InChI=1S/C19H36N6S.HI/c1-5-20-19(22-10-8-18-23-16(2)17(3)26-18)21-9-6-12-25-13-7-11-24(4)14-15-25;/h5-15H2,1-4H3,(H2,20,21,22);1H. The Labute approximate surface area is 186 Å². The number of hydrogen-bond acceptors (Lipinski definition) is 5. The number of hydrogen-bond donors (Lipinski definition) is 2. The van der Waals surface area contributed by atoms with Crippen molar-refractivity contribution in [3.05, 3.63) is 15.6 Å². The summed E-state index contributed by atoms with van der Waals surface area (Å²) in [5, 5.41) is 7.98. The van der Waals surface area contributed by atoms with Crippen molar-refractivity contribution in [3.63, 3.8) is 0 Å². The van der Waals surface area contributed by atoms with Gasteiger partial charge in [0.05, 0.1) is 10.7 Å². The zero-order chi connectivity index (χ0) is 18.8. The van der Waals surface area contributed by atoms with Gasteiger partial charge in [-0.2, -0.15) is 0 Å². The van der Waals surface area contributed by atoms with Crippen molar-refractivity contribution in [2.45, 2.75) is 40.0 Å². The van der Waals surface area contributed by atoms with Crippen LogP contribution in [0.2, 0.25) is 0 Å². The molecule has 1 aliphatic heterocycles. The molecule has 27 heavy (non-hydrogen) atoms. The Kier molecular flexibility index (Phi) is 12.5. The highest BCUT2D eigenvalue weighted by atomic mass is 127. The maximum Gasteiger partial charge on any atom is 0.191 e. The molecule has 0 amide bonds. The number of nitrogens with zero attached hydrogens (tertiary/aromatic N) is 4. The van der Waals surface area contributed by atoms with E-state index in [9.17, 15) is 0 Å². The Hall–Kier alpha value is -0.450. The second kappa shape index (κ2) is 13.7. The van der Waals surface area contributed by atoms with Crippen LogP contribution in [-0.4, -0.2) is 80.1 Å². The molecule has 0 spiro atoms. The van der Waals surface area contributed by atoms with Crippen LogP contribution in [0.5, 0.6) is 0 Å². The van der Waals surface area contributed by atoms with Gasteiger partial charge in [-0.15, -0.1) is 35.3 Å². The Morgan fingerprint density at radius 3 is 2.70 bits per heavy atom. The minimum atomic E-state index is 0. The normalized spacial score (nSPS) is 16.7. The first-order valence-electron chi connectivity index (χ1n) is 9.94. The van der Waals surface area contributed by atoms with Crippen molar-refractivity contribution < 1.29 is 0 Å². The average Bonchev–Trinajstić information content (AvgIpc) is 2.80. The van der Waals surface area contributed by atoms with Gasteiger partial charge in [-0.1, -0.05) is 0 Å². The van der Waals surface area contributed by atoms with Gasteiger partial charge in [0, 0.05) is 44.0 Å². The summed E-state index contributed by atoms with van der Waals surface area (Å²) < 4.78 is 0. The molecular weight excluding hydrogens is 471 g/mol. The molecule has 156 valence electrons. The van der Waals surface area contributed by atoms with E-state index in [1.54, 1.807) is 11.3 Å². The monoisotopic (exact) mass is 508 g/mol. The molecular formula is C19H37IN6S. The molecule has 0 atom stereocenters. The molecule has 6 nitrogen and oxygen atoms in total. The highest BCUT2D eigenvalue weighted by Gasteiger charge is 2.11. The first-order valence-corrected chi connectivity index (χ1v) is 10.8. The molecule has 1 aromatic rings. The molecule has 1 aromatic heterocycles. The van der Waals surface area contributed by atoms with Crippen LogP contribution in [0.3, 0.4) is 0 Å². The quantitative estimate of drug-likeness (QED) is 0.245. The van der Waals surface area contributed by atoms with Crippen molar-refractivity contribution in [1.29, 1.82) is 0 Å². The predicted molar refractivity (Wildman–Crippen MR) is 128 cm³/mol. The molecule has 0 aromatic carbocycles. The van der Waals surface area contributed by atoms with E-state index >= 15 is 0 Å². The van der Waals surface area contributed by atoms with Crippen molar-refractivity contribution in [3.8, 4) is 0 Å². The van der Waals surface area contributed by atoms with Crippen molar-refractivity contribution in [2.75, 3.05) is 59.4 Å². The van der Waals surface area contributed by atoms with Gasteiger partial charge in [-0.25, -0.2) is 4.98 Å². The minimum absolute atomic E-state index is 0. The van der Waals surface area contributed by atoms with Gasteiger partial charge in [0.2, 0.25) is 0 Å². The number of rotatable bonds is 8. The third-order valence-electron chi connectivity index (χ3n) is 4.76. The van der Waals surface area contributed by atoms with Crippen LogP contribution in [-0.2, 0) is 6.42 Å². The molecule has 2 N–H and O–H groups in total. The molecule has 1 fully saturated rings. The molecule has 1 aliphatic rings. The largest absolute Gasteiger partial charge is 0.357 e. The zero-order valence-electron chi connectivity index (χ0n) is 17.4. The highest BCUT2D eigenvalue weighted by Crippen LogP contribution is 2.16. The lowest BCUT2D eigenvalue weighted by atomic mass is 10.3. The van der Waals surface area contributed by atoms with E-state index in [-0.39, 0.29) is 24.0 Å². The first-order chi connectivity index (χ1) is 12.6. The molecule has 0 bridgehead atoms. The van der Waals surface area contributed by atoms with Gasteiger partial charge in [0.15, 0.2) is 5.96 Å². The van der Waals surface area contributed by atoms with E-state index in [4.69, 9.17) is 4.99 Å². The van der Waals surface area contributed by atoms with Crippen LogP contribution in [0.15, 0.2) is 4.99 Å². The Morgan fingerprint density at radius 2 is 2.00 bits per heavy atom. The molecule has 2 rings (SSSR count). The fraction of sp³-hybridized carbons (Fsp3) is 0.789. The van der Waals surface area contributed by atoms with E-state index in [0.717, 1.165) is 50.7 Å². The van der Waals surface area contributed by atoms with E-state index in [0.29, 0.717) is 0 Å². The van der Waals surface area contributed by atoms with Gasteiger partial charge < -0.3 is 20.4 Å².